The third-order valence-electron chi connectivity index (χ3n) is 3.59. The summed E-state index contributed by atoms with van der Waals surface area (Å²) in [5, 5.41) is 16.2. The van der Waals surface area contributed by atoms with Gasteiger partial charge in [0.15, 0.2) is 17.5 Å². The predicted octanol–water partition coefficient (Wildman–Crippen LogP) is 2.00. The van der Waals surface area contributed by atoms with Crippen molar-refractivity contribution in [3.8, 4) is 11.5 Å². The molecule has 0 atom stereocenters. The first-order chi connectivity index (χ1) is 11.7. The SMILES string of the molecule is CCNC(=NCCc1ccc(O)c(OC)c1)NCCn1cccc1. The van der Waals surface area contributed by atoms with Crippen molar-refractivity contribution < 1.29 is 9.84 Å². The van der Waals surface area contributed by atoms with Gasteiger partial charge in [-0.2, -0.15) is 0 Å². The molecule has 6 heteroatoms. The van der Waals surface area contributed by atoms with Crippen LogP contribution in [0.4, 0.5) is 0 Å². The molecule has 0 saturated heterocycles. The van der Waals surface area contributed by atoms with Gasteiger partial charge in [-0.05, 0) is 43.2 Å². The maximum Gasteiger partial charge on any atom is 0.191 e. The zero-order valence-electron chi connectivity index (χ0n) is 14.3. The summed E-state index contributed by atoms with van der Waals surface area (Å²) in [6.07, 6.45) is 4.87. The molecule has 0 aliphatic rings. The second-order valence-corrected chi connectivity index (χ2v) is 5.36. The van der Waals surface area contributed by atoms with E-state index in [1.807, 2.05) is 43.6 Å². The van der Waals surface area contributed by atoms with E-state index in [1.165, 1.54) is 0 Å². The fourth-order valence-electron chi connectivity index (χ4n) is 2.34. The summed E-state index contributed by atoms with van der Waals surface area (Å²) < 4.78 is 7.25. The number of hydrogen-bond acceptors (Lipinski definition) is 3. The summed E-state index contributed by atoms with van der Waals surface area (Å²) in [4.78, 5) is 4.59. The second-order valence-electron chi connectivity index (χ2n) is 5.36. The third kappa shape index (κ3) is 5.53. The highest BCUT2D eigenvalue weighted by Gasteiger charge is 2.03. The van der Waals surface area contributed by atoms with E-state index >= 15 is 0 Å². The Balaban J connectivity index is 1.83. The maximum absolute atomic E-state index is 9.62. The van der Waals surface area contributed by atoms with E-state index in [2.05, 4.69) is 20.2 Å². The molecule has 3 N–H and O–H groups in total. The fourth-order valence-corrected chi connectivity index (χ4v) is 2.34. The number of nitrogens with zero attached hydrogens (tertiary/aromatic N) is 2. The molecule has 0 aliphatic heterocycles. The molecule has 1 aromatic carbocycles. The first-order valence-electron chi connectivity index (χ1n) is 8.21. The minimum absolute atomic E-state index is 0.157. The Morgan fingerprint density at radius 2 is 2.04 bits per heavy atom. The quantitative estimate of drug-likeness (QED) is 0.511. The Bertz CT molecular complexity index is 638. The average Bonchev–Trinajstić information content (AvgIpc) is 3.09. The molecule has 0 spiro atoms. The molecule has 0 bridgehead atoms. The number of phenolic OH excluding ortho intramolecular Hbond substituents is 1. The predicted molar refractivity (Wildman–Crippen MR) is 96.8 cm³/mol. The highest BCUT2D eigenvalue weighted by molar-refractivity contribution is 5.79. The molecule has 1 heterocycles. The topological polar surface area (TPSA) is 70.8 Å². The third-order valence-corrected chi connectivity index (χ3v) is 3.59. The first-order valence-corrected chi connectivity index (χ1v) is 8.21. The number of methoxy groups -OCH3 is 1. The largest absolute Gasteiger partial charge is 0.504 e. The summed E-state index contributed by atoms with van der Waals surface area (Å²) in [6.45, 7) is 5.24. The van der Waals surface area contributed by atoms with Crippen molar-refractivity contribution in [1.29, 1.82) is 0 Å². The van der Waals surface area contributed by atoms with Crippen LogP contribution >= 0.6 is 0 Å². The van der Waals surface area contributed by atoms with E-state index < -0.39 is 0 Å². The summed E-state index contributed by atoms with van der Waals surface area (Å²) >= 11 is 0. The Hall–Kier alpha value is -2.63. The molecule has 6 nitrogen and oxygen atoms in total. The lowest BCUT2D eigenvalue weighted by Crippen LogP contribution is -2.39. The lowest BCUT2D eigenvalue weighted by Gasteiger charge is -2.12. The smallest absolute Gasteiger partial charge is 0.191 e. The number of benzene rings is 1. The summed E-state index contributed by atoms with van der Waals surface area (Å²) in [7, 11) is 1.55. The van der Waals surface area contributed by atoms with Gasteiger partial charge in [-0.25, -0.2) is 0 Å². The summed E-state index contributed by atoms with van der Waals surface area (Å²) in [5.41, 5.74) is 1.08. The lowest BCUT2D eigenvalue weighted by atomic mass is 10.1. The zero-order valence-corrected chi connectivity index (χ0v) is 14.3. The molecule has 0 amide bonds. The van der Waals surface area contributed by atoms with Crippen LogP contribution in [-0.4, -0.2) is 42.4 Å². The molecule has 24 heavy (non-hydrogen) atoms. The second kappa shape index (κ2) is 9.50. The Labute approximate surface area is 143 Å². The van der Waals surface area contributed by atoms with Crippen LogP contribution in [0, 0.1) is 0 Å². The Morgan fingerprint density at radius 3 is 2.75 bits per heavy atom. The van der Waals surface area contributed by atoms with Gasteiger partial charge in [-0.15, -0.1) is 0 Å². The van der Waals surface area contributed by atoms with E-state index in [0.717, 1.165) is 37.6 Å². The molecule has 1 aromatic heterocycles. The van der Waals surface area contributed by atoms with Gasteiger partial charge in [-0.1, -0.05) is 6.07 Å². The van der Waals surface area contributed by atoms with Crippen LogP contribution in [0.3, 0.4) is 0 Å². The Kier molecular flexibility index (Phi) is 7.01. The molecule has 0 fully saturated rings. The van der Waals surface area contributed by atoms with Crippen LogP contribution in [0.25, 0.3) is 0 Å². The average molecular weight is 330 g/mol. The summed E-state index contributed by atoms with van der Waals surface area (Å²) in [6, 6.07) is 9.42. The number of rotatable bonds is 8. The van der Waals surface area contributed by atoms with Gasteiger partial charge < -0.3 is 25.0 Å². The molecule has 130 valence electrons. The molecule has 2 aromatic rings. The highest BCUT2D eigenvalue weighted by Crippen LogP contribution is 2.26. The van der Waals surface area contributed by atoms with Crippen molar-refractivity contribution in [2.24, 2.45) is 4.99 Å². The van der Waals surface area contributed by atoms with Gasteiger partial charge in [0, 0.05) is 38.6 Å². The van der Waals surface area contributed by atoms with Gasteiger partial charge in [0.05, 0.1) is 7.11 Å². The molecule has 0 radical (unpaired) electrons. The number of phenols is 1. The van der Waals surface area contributed by atoms with Crippen molar-refractivity contribution in [3.05, 3.63) is 48.3 Å². The Morgan fingerprint density at radius 1 is 1.25 bits per heavy atom. The zero-order chi connectivity index (χ0) is 17.2. The van der Waals surface area contributed by atoms with Crippen LogP contribution in [0.1, 0.15) is 12.5 Å². The standard InChI is InChI=1S/C18H26N4O2/c1-3-19-18(21-10-13-22-11-4-5-12-22)20-9-8-15-6-7-16(23)17(14-15)24-2/h4-7,11-12,14,23H,3,8-10,13H2,1-2H3,(H2,19,20,21). The minimum atomic E-state index is 0.157. The number of guanidine groups is 1. The van der Waals surface area contributed by atoms with E-state index in [4.69, 9.17) is 4.74 Å². The summed E-state index contributed by atoms with van der Waals surface area (Å²) in [5.74, 6) is 1.47. The number of hydrogen-bond donors (Lipinski definition) is 3. The van der Waals surface area contributed by atoms with Crippen LogP contribution in [0.15, 0.2) is 47.7 Å². The van der Waals surface area contributed by atoms with E-state index in [9.17, 15) is 5.11 Å². The number of aliphatic imine (C=N–C) groups is 1. The lowest BCUT2D eigenvalue weighted by molar-refractivity contribution is 0.373. The van der Waals surface area contributed by atoms with Gasteiger partial charge in [-0.3, -0.25) is 4.99 Å². The van der Waals surface area contributed by atoms with Crippen LogP contribution < -0.4 is 15.4 Å². The van der Waals surface area contributed by atoms with Crippen LogP contribution in [-0.2, 0) is 13.0 Å². The molecular formula is C18H26N4O2. The van der Waals surface area contributed by atoms with E-state index in [0.29, 0.717) is 12.3 Å². The number of ether oxygens (including phenoxy) is 1. The van der Waals surface area contributed by atoms with Crippen LogP contribution in [0.5, 0.6) is 11.5 Å². The minimum Gasteiger partial charge on any atom is -0.504 e. The molecule has 0 saturated carbocycles. The normalized spacial score (nSPS) is 11.3. The van der Waals surface area contributed by atoms with Crippen LogP contribution in [0.2, 0.25) is 0 Å². The fraction of sp³-hybridized carbons (Fsp3) is 0.389. The van der Waals surface area contributed by atoms with Crippen molar-refractivity contribution in [2.75, 3.05) is 26.7 Å². The van der Waals surface area contributed by atoms with Gasteiger partial charge in [0.2, 0.25) is 0 Å². The van der Waals surface area contributed by atoms with Gasteiger partial charge in [0.1, 0.15) is 0 Å². The monoisotopic (exact) mass is 330 g/mol. The van der Waals surface area contributed by atoms with E-state index in [1.54, 1.807) is 13.2 Å². The van der Waals surface area contributed by atoms with Crippen molar-refractivity contribution in [3.63, 3.8) is 0 Å². The molecule has 0 unspecified atom stereocenters. The van der Waals surface area contributed by atoms with Crippen molar-refractivity contribution in [2.45, 2.75) is 19.9 Å². The van der Waals surface area contributed by atoms with Gasteiger partial charge in [0.25, 0.3) is 0 Å². The molecule has 2 rings (SSSR count). The highest BCUT2D eigenvalue weighted by atomic mass is 16.5. The maximum atomic E-state index is 9.62. The number of aromatic hydroxyl groups is 1. The molecule has 0 aliphatic carbocycles. The molecular weight excluding hydrogens is 304 g/mol. The number of aromatic nitrogens is 1. The van der Waals surface area contributed by atoms with Gasteiger partial charge >= 0.3 is 0 Å². The van der Waals surface area contributed by atoms with Crippen molar-refractivity contribution in [1.82, 2.24) is 15.2 Å². The first kappa shape index (κ1) is 17.7. The van der Waals surface area contributed by atoms with Crippen molar-refractivity contribution >= 4 is 5.96 Å². The number of nitrogens with one attached hydrogen (secondary N) is 2. The van der Waals surface area contributed by atoms with E-state index in [-0.39, 0.29) is 5.75 Å².